The van der Waals surface area contributed by atoms with Crippen molar-refractivity contribution in [1.29, 1.82) is 0 Å². The normalized spacial score (nSPS) is 26.5. The monoisotopic (exact) mass is 314 g/mol. The molecular weight excluding hydrogens is 292 g/mol. The molecule has 1 aliphatic carbocycles. The van der Waals surface area contributed by atoms with Crippen LogP contribution in [0, 0.1) is 0 Å². The van der Waals surface area contributed by atoms with Crippen LogP contribution in [-0.4, -0.2) is 41.7 Å². The molecule has 1 aliphatic heterocycles. The van der Waals surface area contributed by atoms with E-state index in [9.17, 15) is 8.42 Å². The molecule has 1 unspecified atom stereocenters. The van der Waals surface area contributed by atoms with Crippen LogP contribution in [0.5, 0.6) is 0 Å². The first-order valence-electron chi connectivity index (χ1n) is 7.55. The fourth-order valence-corrected chi connectivity index (χ4v) is 4.14. The van der Waals surface area contributed by atoms with Crippen molar-refractivity contribution in [3.05, 3.63) is 11.7 Å². The van der Waals surface area contributed by atoms with E-state index in [0.29, 0.717) is 24.8 Å². The molecular formula is C13H22N4O3S. The van der Waals surface area contributed by atoms with Crippen molar-refractivity contribution < 1.29 is 12.9 Å². The van der Waals surface area contributed by atoms with Gasteiger partial charge in [0.1, 0.15) is 0 Å². The highest BCUT2D eigenvalue weighted by molar-refractivity contribution is 7.89. The first-order chi connectivity index (χ1) is 9.94. The molecule has 2 N–H and O–H groups in total. The Hall–Kier alpha value is -0.990. The average Bonchev–Trinajstić information content (AvgIpc) is 2.95. The third kappa shape index (κ3) is 2.72. The second kappa shape index (κ2) is 5.33. The van der Waals surface area contributed by atoms with Gasteiger partial charge in [-0.1, -0.05) is 5.16 Å². The molecule has 0 amide bonds. The summed E-state index contributed by atoms with van der Waals surface area (Å²) in [6.45, 7) is 2.67. The summed E-state index contributed by atoms with van der Waals surface area (Å²) in [6, 6.07) is 0. The molecule has 118 valence electrons. The number of aromatic nitrogens is 2. The minimum absolute atomic E-state index is 0.0231. The molecule has 2 heterocycles. The molecule has 1 atom stereocenters. The van der Waals surface area contributed by atoms with Crippen molar-refractivity contribution in [3.63, 3.8) is 0 Å². The van der Waals surface area contributed by atoms with Gasteiger partial charge < -0.3 is 10.3 Å². The van der Waals surface area contributed by atoms with Crippen LogP contribution in [0.4, 0.5) is 0 Å². The first-order valence-corrected chi connectivity index (χ1v) is 9.16. The Morgan fingerprint density at radius 3 is 2.81 bits per heavy atom. The van der Waals surface area contributed by atoms with Gasteiger partial charge in [-0.15, -0.1) is 0 Å². The molecule has 1 saturated heterocycles. The lowest BCUT2D eigenvalue weighted by Gasteiger charge is -2.34. The first kappa shape index (κ1) is 14.9. The van der Waals surface area contributed by atoms with Crippen molar-refractivity contribution in [3.8, 4) is 0 Å². The summed E-state index contributed by atoms with van der Waals surface area (Å²) in [6.07, 6.45) is 4.54. The number of nitrogens with zero attached hydrogens (tertiary/aromatic N) is 3. The zero-order valence-corrected chi connectivity index (χ0v) is 13.1. The maximum Gasteiger partial charge on any atom is 0.231 e. The topological polar surface area (TPSA) is 102 Å². The SMILES string of the molecule is CCS(=O)(=O)N1CCCC(c2nc(C3(N)CCC3)no2)C1. The molecule has 2 aliphatic rings. The lowest BCUT2D eigenvalue weighted by molar-refractivity contribution is 0.226. The van der Waals surface area contributed by atoms with Crippen molar-refractivity contribution in [2.24, 2.45) is 5.73 Å². The van der Waals surface area contributed by atoms with Crippen LogP contribution in [0.1, 0.15) is 56.7 Å². The molecule has 0 aromatic carbocycles. The van der Waals surface area contributed by atoms with Gasteiger partial charge in [0.25, 0.3) is 0 Å². The minimum atomic E-state index is -3.16. The van der Waals surface area contributed by atoms with Gasteiger partial charge in [-0.05, 0) is 39.0 Å². The number of sulfonamides is 1. The van der Waals surface area contributed by atoms with E-state index >= 15 is 0 Å². The predicted octanol–water partition coefficient (Wildman–Crippen LogP) is 0.937. The van der Waals surface area contributed by atoms with Crippen LogP contribution in [-0.2, 0) is 15.6 Å². The third-order valence-electron chi connectivity index (χ3n) is 4.62. The van der Waals surface area contributed by atoms with Gasteiger partial charge in [0.05, 0.1) is 17.2 Å². The van der Waals surface area contributed by atoms with E-state index in [1.807, 2.05) is 0 Å². The zero-order chi connectivity index (χ0) is 15.1. The molecule has 1 aromatic heterocycles. The van der Waals surface area contributed by atoms with E-state index in [0.717, 1.165) is 32.1 Å². The number of rotatable bonds is 4. The second-order valence-corrected chi connectivity index (χ2v) is 8.32. The highest BCUT2D eigenvalue weighted by atomic mass is 32.2. The van der Waals surface area contributed by atoms with E-state index in [2.05, 4.69) is 10.1 Å². The Labute approximate surface area is 124 Å². The maximum absolute atomic E-state index is 12.0. The van der Waals surface area contributed by atoms with Crippen LogP contribution < -0.4 is 5.73 Å². The second-order valence-electron chi connectivity index (χ2n) is 6.06. The minimum Gasteiger partial charge on any atom is -0.339 e. The number of nitrogens with two attached hydrogens (primary N) is 1. The fourth-order valence-electron chi connectivity index (χ4n) is 2.96. The largest absolute Gasteiger partial charge is 0.339 e. The third-order valence-corrected chi connectivity index (χ3v) is 6.47. The smallest absolute Gasteiger partial charge is 0.231 e. The van der Waals surface area contributed by atoms with Crippen molar-refractivity contribution in [1.82, 2.24) is 14.4 Å². The number of hydrogen-bond acceptors (Lipinski definition) is 6. The van der Waals surface area contributed by atoms with Gasteiger partial charge in [-0.3, -0.25) is 0 Å². The quantitative estimate of drug-likeness (QED) is 0.887. The van der Waals surface area contributed by atoms with Gasteiger partial charge in [0, 0.05) is 13.1 Å². The summed E-state index contributed by atoms with van der Waals surface area (Å²) in [4.78, 5) is 4.45. The average molecular weight is 314 g/mol. The molecule has 3 rings (SSSR count). The molecule has 0 radical (unpaired) electrons. The lowest BCUT2D eigenvalue weighted by atomic mass is 9.77. The zero-order valence-electron chi connectivity index (χ0n) is 12.3. The van der Waals surface area contributed by atoms with Crippen molar-refractivity contribution in [2.45, 2.75) is 50.5 Å². The molecule has 0 spiro atoms. The Bertz CT molecular complexity index is 609. The van der Waals surface area contributed by atoms with Crippen LogP contribution >= 0.6 is 0 Å². The highest BCUT2D eigenvalue weighted by Crippen LogP contribution is 2.38. The lowest BCUT2D eigenvalue weighted by Crippen LogP contribution is -2.44. The van der Waals surface area contributed by atoms with Crippen LogP contribution in [0.15, 0.2) is 4.52 Å². The molecule has 7 nitrogen and oxygen atoms in total. The van der Waals surface area contributed by atoms with Gasteiger partial charge in [-0.2, -0.15) is 4.98 Å². The molecule has 8 heteroatoms. The molecule has 21 heavy (non-hydrogen) atoms. The van der Waals surface area contributed by atoms with Gasteiger partial charge in [0.2, 0.25) is 15.9 Å². The van der Waals surface area contributed by atoms with Gasteiger partial charge >= 0.3 is 0 Å². The molecule has 2 fully saturated rings. The molecule has 1 saturated carbocycles. The van der Waals surface area contributed by atoms with E-state index in [-0.39, 0.29) is 11.7 Å². The molecule has 1 aromatic rings. The summed E-state index contributed by atoms with van der Waals surface area (Å²) in [5, 5.41) is 4.01. The van der Waals surface area contributed by atoms with E-state index in [4.69, 9.17) is 10.3 Å². The van der Waals surface area contributed by atoms with E-state index in [1.165, 1.54) is 4.31 Å². The number of piperidine rings is 1. The van der Waals surface area contributed by atoms with E-state index < -0.39 is 15.6 Å². The standard InChI is InChI=1S/C13H22N4O3S/c1-2-21(18,19)17-8-3-5-10(9-17)11-15-12(16-20-11)13(14)6-4-7-13/h10H,2-9,14H2,1H3. The van der Waals surface area contributed by atoms with Crippen LogP contribution in [0.3, 0.4) is 0 Å². The highest BCUT2D eigenvalue weighted by Gasteiger charge is 2.40. The van der Waals surface area contributed by atoms with Crippen LogP contribution in [0.25, 0.3) is 0 Å². The summed E-state index contributed by atoms with van der Waals surface area (Å²) < 4.78 is 30.9. The summed E-state index contributed by atoms with van der Waals surface area (Å²) in [5.74, 6) is 1.20. The van der Waals surface area contributed by atoms with Crippen molar-refractivity contribution in [2.75, 3.05) is 18.8 Å². The van der Waals surface area contributed by atoms with Gasteiger partial charge in [0.15, 0.2) is 5.82 Å². The van der Waals surface area contributed by atoms with Crippen LogP contribution in [0.2, 0.25) is 0 Å². The Kier molecular flexibility index (Phi) is 3.79. The predicted molar refractivity (Wildman–Crippen MR) is 77.0 cm³/mol. The Morgan fingerprint density at radius 1 is 1.43 bits per heavy atom. The van der Waals surface area contributed by atoms with E-state index in [1.54, 1.807) is 6.92 Å². The number of hydrogen-bond donors (Lipinski definition) is 1. The summed E-state index contributed by atoms with van der Waals surface area (Å²) >= 11 is 0. The van der Waals surface area contributed by atoms with Gasteiger partial charge in [-0.25, -0.2) is 12.7 Å². The summed E-state index contributed by atoms with van der Waals surface area (Å²) in [5.41, 5.74) is 5.75. The van der Waals surface area contributed by atoms with Crippen molar-refractivity contribution >= 4 is 10.0 Å². The summed E-state index contributed by atoms with van der Waals surface area (Å²) in [7, 11) is -3.16. The Morgan fingerprint density at radius 2 is 2.19 bits per heavy atom. The Balaban J connectivity index is 1.75. The molecule has 0 bridgehead atoms. The fraction of sp³-hybridized carbons (Fsp3) is 0.846. The maximum atomic E-state index is 12.0.